The fraction of sp³-hybridized carbons (Fsp3) is 0. The maximum atomic E-state index is 7.18. The average molecular weight is 924 g/mol. The van der Waals surface area contributed by atoms with Gasteiger partial charge in [0.1, 0.15) is 228 Å². The number of hydrogen-bond donors (Lipinski definition) is 0. The van der Waals surface area contributed by atoms with Gasteiger partial charge in [0.05, 0.1) is 0 Å². The van der Waals surface area contributed by atoms with Crippen LogP contribution in [0.25, 0.3) is 89.2 Å². The van der Waals surface area contributed by atoms with Crippen LogP contribution in [-0.4, -0.2) is 252 Å². The third kappa shape index (κ3) is 7.68. The summed E-state index contributed by atoms with van der Waals surface area (Å²) in [7, 11) is 194. The van der Waals surface area contributed by atoms with Gasteiger partial charge in [0.15, 0.2) is 11.6 Å². The van der Waals surface area contributed by atoms with Gasteiger partial charge in [-0.2, -0.15) is 9.97 Å². The molecule has 0 saturated heterocycles. The van der Waals surface area contributed by atoms with E-state index >= 15 is 0 Å². The van der Waals surface area contributed by atoms with Gasteiger partial charge in [-0.1, -0.05) is 81.9 Å². The van der Waals surface area contributed by atoms with E-state index in [4.69, 9.17) is 242 Å². The maximum Gasteiger partial charge on any atom is 0.238 e. The van der Waals surface area contributed by atoms with E-state index in [1.807, 2.05) is 0 Å². The Morgan fingerprint density at radius 3 is 0.759 bits per heavy atom. The van der Waals surface area contributed by atoms with E-state index in [1.54, 1.807) is 0 Å². The molecule has 7 aromatic carbocycles. The first-order valence-corrected chi connectivity index (χ1v) is 22.8. The molecular weight excluding hydrogens is 924 g/mol. The van der Waals surface area contributed by atoms with Crippen molar-refractivity contribution < 1.29 is 0 Å². The number of hydrogen-bond acceptors (Lipinski definition) is 3. The van der Waals surface area contributed by atoms with Gasteiger partial charge < -0.3 is 4.57 Å². The van der Waals surface area contributed by atoms with E-state index in [-0.39, 0.29) is 230 Å². The topological polar surface area (TPSA) is 48.5 Å². The molecule has 10 rings (SSSR count). The van der Waals surface area contributed by atoms with E-state index in [9.17, 15) is 0 Å². The number of benzene rings is 7. The summed E-state index contributed by atoms with van der Waals surface area (Å²) in [5, 5.41) is 0.309. The quantitative estimate of drug-likeness (QED) is 0.162. The lowest BCUT2D eigenvalue weighted by atomic mass is 9.56. The molecule has 0 N–H and O–H groups in total. The Morgan fingerprint density at radius 1 is 0.177 bits per heavy atom. The lowest BCUT2D eigenvalue weighted by Crippen LogP contribution is -2.57. The van der Waals surface area contributed by atoms with Crippen LogP contribution in [-0.2, 0) is 0 Å². The van der Waals surface area contributed by atoms with E-state index < -0.39 is 17.6 Å². The summed E-state index contributed by atoms with van der Waals surface area (Å²) in [5.74, 6) is -1.34. The van der Waals surface area contributed by atoms with Gasteiger partial charge in [-0.3, -0.25) is 4.57 Å². The van der Waals surface area contributed by atoms with Crippen molar-refractivity contribution in [3.63, 3.8) is 0 Å². The molecule has 3 heterocycles. The normalized spacial score (nSPS) is 11.7. The third-order valence-electron chi connectivity index (χ3n) is 14.7. The van der Waals surface area contributed by atoms with Gasteiger partial charge in [0.25, 0.3) is 0 Å². The number of rotatable bonds is 5. The minimum atomic E-state index is -0.457. The van der Waals surface area contributed by atoms with Crippen molar-refractivity contribution in [2.45, 2.75) is 0 Å². The van der Waals surface area contributed by atoms with Gasteiger partial charge in [-0.25, -0.2) is 4.98 Å². The molecule has 79 heavy (non-hydrogen) atoms. The first-order chi connectivity index (χ1) is 36.9. The molecule has 0 aliphatic rings. The molecule has 34 heteroatoms. The molecule has 0 amide bonds. The first-order valence-electron chi connectivity index (χ1n) is 22.8. The Morgan fingerprint density at radius 2 is 0.405 bits per heavy atom. The lowest BCUT2D eigenvalue weighted by Gasteiger charge is -2.28. The second-order valence-corrected chi connectivity index (χ2v) is 18.7. The highest BCUT2D eigenvalue weighted by Gasteiger charge is 2.31. The van der Waals surface area contributed by atoms with Crippen molar-refractivity contribution in [3.05, 3.63) is 0 Å². The number of fused-ring (bicyclic) bond motifs is 6. The molecule has 0 unspecified atom stereocenters. The molecule has 0 fully saturated rings. The number of aromatic nitrogens is 5. The van der Waals surface area contributed by atoms with Crippen LogP contribution in [0, 0.1) is 0 Å². The monoisotopic (exact) mass is 929 g/mol. The third-order valence-corrected chi connectivity index (χ3v) is 14.7. The molecule has 0 bridgehead atoms. The molecular formula is C45B29N5. The van der Waals surface area contributed by atoms with E-state index in [1.165, 1.54) is 9.13 Å². The Kier molecular flexibility index (Phi) is 14.2. The molecule has 0 aliphatic carbocycles. The van der Waals surface area contributed by atoms with E-state index in [2.05, 4.69) is 0 Å². The summed E-state index contributed by atoms with van der Waals surface area (Å²) < 4.78 is 2.65. The molecule has 58 radical (unpaired) electrons. The van der Waals surface area contributed by atoms with Crippen molar-refractivity contribution in [3.8, 4) is 45.5 Å². The van der Waals surface area contributed by atoms with Crippen LogP contribution >= 0.6 is 0 Å². The Bertz CT molecular complexity index is 4360. The van der Waals surface area contributed by atoms with Gasteiger partial charge >= 0.3 is 0 Å². The summed E-state index contributed by atoms with van der Waals surface area (Å²) in [6.07, 6.45) is 0. The Hall–Kier alpha value is -4.97. The molecule has 0 saturated carbocycles. The van der Waals surface area contributed by atoms with Crippen LogP contribution in [0.2, 0.25) is 0 Å². The van der Waals surface area contributed by atoms with Crippen molar-refractivity contribution >= 4 is 430 Å². The van der Waals surface area contributed by atoms with E-state index in [0.717, 1.165) is 0 Å². The predicted molar refractivity (Wildman–Crippen MR) is 361 cm³/mol. The van der Waals surface area contributed by atoms with Crippen LogP contribution in [0.1, 0.15) is 0 Å². The molecule has 0 atom stereocenters. The zero-order chi connectivity index (χ0) is 58.3. The second-order valence-electron chi connectivity index (χ2n) is 18.7. The minimum absolute atomic E-state index is 0.0229. The zero-order valence-electron chi connectivity index (χ0n) is 41.5. The molecule has 3 aromatic heterocycles. The minimum Gasteiger partial charge on any atom is -0.310 e. The Labute approximate surface area is 495 Å². The highest BCUT2D eigenvalue weighted by atomic mass is 15.2. The van der Waals surface area contributed by atoms with E-state index in [0.29, 0.717) is 0 Å². The molecule has 0 aliphatic heterocycles. The standard InChI is InChI=1S/C45B29N5/c46-9-1(2-11(48)20(57)27(64)21(58)12(2)49)10(47)19(56)17(54)7(9)43-75-44(77-45(76-43)79-40-5(15(52)24(61)30(67)35(40)72)6-16(53)25(62)31(68)36(73)41(6)79)8-18(55)26(63)32(69)37(74)42(8)78-38-3(13(50)22(59)28(65)33(38)70)4-14(51)23(60)29(66)34(71)39(4)78. The van der Waals surface area contributed by atoms with Crippen LogP contribution < -0.4 is 158 Å². The zero-order valence-corrected chi connectivity index (χ0v) is 41.5. The largest absolute Gasteiger partial charge is 0.310 e. The summed E-state index contributed by atoms with van der Waals surface area (Å²) in [4.78, 5) is 15.0. The van der Waals surface area contributed by atoms with Crippen molar-refractivity contribution in [2.75, 3.05) is 0 Å². The smallest absolute Gasteiger partial charge is 0.238 e. The van der Waals surface area contributed by atoms with Gasteiger partial charge in [-0.05, 0) is 32.7 Å². The maximum absolute atomic E-state index is 7.18. The Balaban J connectivity index is 1.50. The summed E-state index contributed by atoms with van der Waals surface area (Å²) in [5.41, 5.74) is -6.89. The fourth-order valence-electron chi connectivity index (χ4n) is 10.3. The first kappa shape index (κ1) is 57.3. The van der Waals surface area contributed by atoms with Crippen molar-refractivity contribution in [1.29, 1.82) is 0 Å². The summed E-state index contributed by atoms with van der Waals surface area (Å²) in [6, 6.07) is 0. The lowest BCUT2D eigenvalue weighted by molar-refractivity contribution is 0.957. The van der Waals surface area contributed by atoms with Crippen molar-refractivity contribution in [2.24, 2.45) is 0 Å². The predicted octanol–water partition coefficient (Wildman–Crippen LogP) is -23.9. The second kappa shape index (κ2) is 19.6. The van der Waals surface area contributed by atoms with Gasteiger partial charge in [0.2, 0.25) is 5.95 Å². The molecule has 5 nitrogen and oxygen atoms in total. The van der Waals surface area contributed by atoms with Crippen LogP contribution in [0.5, 0.6) is 0 Å². The molecule has 292 valence electrons. The van der Waals surface area contributed by atoms with Crippen LogP contribution in [0.15, 0.2) is 0 Å². The molecule has 0 spiro atoms. The van der Waals surface area contributed by atoms with Crippen molar-refractivity contribution in [1.82, 2.24) is 24.1 Å². The van der Waals surface area contributed by atoms with Crippen LogP contribution in [0.3, 0.4) is 0 Å². The molecule has 10 aromatic rings. The number of nitrogens with zero attached hydrogens (tertiary/aromatic N) is 5. The highest BCUT2D eigenvalue weighted by molar-refractivity contribution is 6.76. The van der Waals surface area contributed by atoms with Gasteiger partial charge in [-0.15, -0.1) is 76.5 Å². The fourth-order valence-corrected chi connectivity index (χ4v) is 10.3. The summed E-state index contributed by atoms with van der Waals surface area (Å²) >= 11 is 0. The summed E-state index contributed by atoms with van der Waals surface area (Å²) in [6.45, 7) is 0. The highest BCUT2D eigenvalue weighted by Crippen LogP contribution is 2.32. The van der Waals surface area contributed by atoms with Gasteiger partial charge in [0, 0.05) is 38.9 Å². The van der Waals surface area contributed by atoms with Crippen LogP contribution in [0.4, 0.5) is 0 Å². The SMILES string of the molecule is [B]c1c([B])c([B])c(-c2c([B])c([B])c([B])c(-c3nc(-c4c([B])c([B])c([B])c([B])c4-n4c5c([B])c([B])c([B])c([B])c5c5c([B])c([B])c([B])c([B])c54)nc(-n4c5c([B])c([B])c([B])c([B])c5c5c([B])c([B])c([B])c([B])c54)n3)c2[B])c([B])c1[B]. The average Bonchev–Trinajstić information content (AvgIpc) is 4.08.